The van der Waals surface area contributed by atoms with Crippen LogP contribution in [0, 0.1) is 23.2 Å². The molecule has 0 saturated heterocycles. The van der Waals surface area contributed by atoms with Crippen molar-refractivity contribution in [3.63, 3.8) is 0 Å². The van der Waals surface area contributed by atoms with Crippen molar-refractivity contribution in [3.05, 3.63) is 47.3 Å². The van der Waals surface area contributed by atoms with Gasteiger partial charge in [-0.1, -0.05) is 37.6 Å². The van der Waals surface area contributed by atoms with E-state index in [4.69, 9.17) is 10.00 Å². The van der Waals surface area contributed by atoms with Crippen molar-refractivity contribution in [1.29, 1.82) is 5.26 Å². The van der Waals surface area contributed by atoms with Gasteiger partial charge >= 0.3 is 0 Å². The van der Waals surface area contributed by atoms with Crippen molar-refractivity contribution >= 4 is 0 Å². The zero-order valence-electron chi connectivity index (χ0n) is 17.2. The third-order valence-corrected chi connectivity index (χ3v) is 6.61. The fourth-order valence-corrected chi connectivity index (χ4v) is 4.85. The van der Waals surface area contributed by atoms with Gasteiger partial charge in [-0.05, 0) is 92.7 Å². The SMILES string of the molecule is CCCc1ccc(C2CCC(COC3CCC(/C=C(/F)C#N)CC3)CC2)cc1. The molecular weight excluding hydrogens is 349 g/mol. The predicted octanol–water partition coefficient (Wildman–Crippen LogP) is 6.87. The minimum absolute atomic E-state index is 0.207. The predicted molar refractivity (Wildman–Crippen MR) is 112 cm³/mol. The number of rotatable bonds is 7. The van der Waals surface area contributed by atoms with E-state index < -0.39 is 5.83 Å². The summed E-state index contributed by atoms with van der Waals surface area (Å²) in [4.78, 5) is 0. The molecule has 0 spiro atoms. The first kappa shape index (κ1) is 21.1. The number of benzene rings is 1. The summed E-state index contributed by atoms with van der Waals surface area (Å²) < 4.78 is 19.3. The van der Waals surface area contributed by atoms with E-state index in [0.717, 1.165) is 32.3 Å². The monoisotopic (exact) mass is 383 g/mol. The van der Waals surface area contributed by atoms with Crippen LogP contribution in [0.3, 0.4) is 0 Å². The molecule has 0 amide bonds. The highest BCUT2D eigenvalue weighted by atomic mass is 19.1. The standard InChI is InChI=1S/C25H34FNO/c1-2-3-19-4-10-22(11-5-19)23-12-6-21(7-13-23)18-28-25-14-8-20(9-15-25)16-24(26)17-27/h4-5,10-11,16,20-21,23,25H,2-3,6-9,12-15,18H2,1H3/b24-16+. The number of hydrogen-bond donors (Lipinski definition) is 0. The summed E-state index contributed by atoms with van der Waals surface area (Å²) in [7, 11) is 0. The Hall–Kier alpha value is -1.66. The minimum atomic E-state index is -0.638. The van der Waals surface area contributed by atoms with Crippen molar-refractivity contribution < 1.29 is 9.13 Å². The summed E-state index contributed by atoms with van der Waals surface area (Å²) in [5.41, 5.74) is 2.96. The van der Waals surface area contributed by atoms with E-state index in [1.54, 1.807) is 6.07 Å². The third kappa shape index (κ3) is 6.17. The second kappa shape index (κ2) is 10.8. The van der Waals surface area contributed by atoms with Gasteiger partial charge in [-0.25, -0.2) is 0 Å². The van der Waals surface area contributed by atoms with Crippen LogP contribution >= 0.6 is 0 Å². The molecular formula is C25H34FNO. The fourth-order valence-electron chi connectivity index (χ4n) is 4.85. The van der Waals surface area contributed by atoms with Crippen molar-refractivity contribution in [2.24, 2.45) is 11.8 Å². The fraction of sp³-hybridized carbons (Fsp3) is 0.640. The van der Waals surface area contributed by atoms with E-state index >= 15 is 0 Å². The van der Waals surface area contributed by atoms with Crippen LogP contribution in [0.2, 0.25) is 0 Å². The lowest BCUT2D eigenvalue weighted by Crippen LogP contribution is -2.25. The molecule has 1 aromatic carbocycles. The Morgan fingerprint density at radius 1 is 1.07 bits per heavy atom. The van der Waals surface area contributed by atoms with Gasteiger partial charge < -0.3 is 4.74 Å². The van der Waals surface area contributed by atoms with E-state index in [1.807, 2.05) is 0 Å². The molecule has 2 saturated carbocycles. The van der Waals surface area contributed by atoms with Gasteiger partial charge in [0.2, 0.25) is 0 Å². The number of aryl methyl sites for hydroxylation is 1. The lowest BCUT2D eigenvalue weighted by Gasteiger charge is -2.32. The lowest BCUT2D eigenvalue weighted by molar-refractivity contribution is -0.00465. The third-order valence-electron chi connectivity index (χ3n) is 6.61. The van der Waals surface area contributed by atoms with E-state index in [9.17, 15) is 4.39 Å². The van der Waals surface area contributed by atoms with Crippen LogP contribution in [0.1, 0.15) is 81.8 Å². The van der Waals surface area contributed by atoms with Crippen LogP contribution in [-0.4, -0.2) is 12.7 Å². The second-order valence-electron chi connectivity index (χ2n) is 8.71. The first-order valence-corrected chi connectivity index (χ1v) is 11.2. The molecule has 0 heterocycles. The molecule has 2 nitrogen and oxygen atoms in total. The normalized spacial score (nSPS) is 28.7. The molecule has 0 atom stereocenters. The highest BCUT2D eigenvalue weighted by Gasteiger charge is 2.25. The molecule has 0 aliphatic heterocycles. The van der Waals surface area contributed by atoms with Gasteiger partial charge in [0.1, 0.15) is 6.07 Å². The van der Waals surface area contributed by atoms with Crippen LogP contribution in [-0.2, 0) is 11.2 Å². The summed E-state index contributed by atoms with van der Waals surface area (Å²) in [6.07, 6.45) is 13.1. The quantitative estimate of drug-likeness (QED) is 0.482. The number of ether oxygens (including phenoxy) is 1. The maximum Gasteiger partial charge on any atom is 0.196 e. The minimum Gasteiger partial charge on any atom is -0.378 e. The van der Waals surface area contributed by atoms with Gasteiger partial charge in [0.05, 0.1) is 6.10 Å². The van der Waals surface area contributed by atoms with Crippen LogP contribution in [0.4, 0.5) is 4.39 Å². The molecule has 2 aliphatic rings. The first-order chi connectivity index (χ1) is 13.7. The zero-order chi connectivity index (χ0) is 19.8. The Kier molecular flexibility index (Phi) is 8.10. The van der Waals surface area contributed by atoms with Gasteiger partial charge in [0, 0.05) is 6.61 Å². The molecule has 152 valence electrons. The molecule has 0 N–H and O–H groups in total. The van der Waals surface area contributed by atoms with Crippen molar-refractivity contribution in [1.82, 2.24) is 0 Å². The van der Waals surface area contributed by atoms with Crippen molar-refractivity contribution in [2.45, 2.75) is 83.2 Å². The molecule has 3 heteroatoms. The topological polar surface area (TPSA) is 33.0 Å². The van der Waals surface area contributed by atoms with Crippen LogP contribution < -0.4 is 0 Å². The molecule has 0 bridgehead atoms. The average molecular weight is 384 g/mol. The first-order valence-electron chi connectivity index (χ1n) is 11.2. The Morgan fingerprint density at radius 2 is 1.75 bits per heavy atom. The highest BCUT2D eigenvalue weighted by molar-refractivity contribution is 5.26. The molecule has 0 radical (unpaired) electrons. The second-order valence-corrected chi connectivity index (χ2v) is 8.71. The van der Waals surface area contributed by atoms with Crippen molar-refractivity contribution in [3.8, 4) is 6.07 Å². The van der Waals surface area contributed by atoms with Crippen LogP contribution in [0.15, 0.2) is 36.2 Å². The lowest BCUT2D eigenvalue weighted by atomic mass is 9.79. The van der Waals surface area contributed by atoms with Crippen LogP contribution in [0.5, 0.6) is 0 Å². The maximum absolute atomic E-state index is 13.1. The van der Waals surface area contributed by atoms with Gasteiger partial charge in [-0.3, -0.25) is 0 Å². The molecule has 0 unspecified atom stereocenters. The number of nitrogens with zero attached hydrogens (tertiary/aromatic N) is 1. The Balaban J connectivity index is 1.35. The van der Waals surface area contributed by atoms with Gasteiger partial charge in [-0.2, -0.15) is 9.65 Å². The summed E-state index contributed by atoms with van der Waals surface area (Å²) in [5, 5.41) is 8.55. The van der Waals surface area contributed by atoms with E-state index in [2.05, 4.69) is 31.2 Å². The summed E-state index contributed by atoms with van der Waals surface area (Å²) in [5.74, 6) is 0.966. The largest absolute Gasteiger partial charge is 0.378 e. The van der Waals surface area contributed by atoms with Crippen LogP contribution in [0.25, 0.3) is 0 Å². The Bertz CT molecular complexity index is 659. The van der Waals surface area contributed by atoms with E-state index in [0.29, 0.717) is 17.9 Å². The Labute approximate surface area is 169 Å². The van der Waals surface area contributed by atoms with Gasteiger partial charge in [0.15, 0.2) is 5.83 Å². The average Bonchev–Trinajstić information content (AvgIpc) is 2.74. The number of nitriles is 1. The smallest absolute Gasteiger partial charge is 0.196 e. The van der Waals surface area contributed by atoms with Gasteiger partial charge in [-0.15, -0.1) is 0 Å². The van der Waals surface area contributed by atoms with E-state index in [1.165, 1.54) is 55.7 Å². The molecule has 0 aromatic heterocycles. The number of halogens is 1. The number of hydrogen-bond acceptors (Lipinski definition) is 2. The summed E-state index contributed by atoms with van der Waals surface area (Å²) in [6.45, 7) is 3.11. The molecule has 3 rings (SSSR count). The highest BCUT2D eigenvalue weighted by Crippen LogP contribution is 2.37. The van der Waals surface area contributed by atoms with Gasteiger partial charge in [0.25, 0.3) is 0 Å². The molecule has 28 heavy (non-hydrogen) atoms. The van der Waals surface area contributed by atoms with E-state index in [-0.39, 0.29) is 5.92 Å². The molecule has 2 fully saturated rings. The molecule has 1 aromatic rings. The zero-order valence-corrected chi connectivity index (χ0v) is 17.2. The Morgan fingerprint density at radius 3 is 2.36 bits per heavy atom. The maximum atomic E-state index is 13.1. The van der Waals surface area contributed by atoms with Crippen molar-refractivity contribution in [2.75, 3.05) is 6.61 Å². The summed E-state index contributed by atoms with van der Waals surface area (Å²) >= 11 is 0. The summed E-state index contributed by atoms with van der Waals surface area (Å²) in [6, 6.07) is 10.9. The number of allylic oxidation sites excluding steroid dienone is 2. The molecule has 2 aliphatic carbocycles.